The van der Waals surface area contributed by atoms with Crippen molar-refractivity contribution in [3.63, 3.8) is 0 Å². The third-order valence-electron chi connectivity index (χ3n) is 6.90. The third-order valence-corrected chi connectivity index (χ3v) is 7.89. The highest BCUT2D eigenvalue weighted by Crippen LogP contribution is 2.37. The zero-order valence-corrected chi connectivity index (χ0v) is 21.1. The molecule has 2 heterocycles. The maximum atomic E-state index is 13.6. The molecule has 6 nitrogen and oxygen atoms in total. The first-order valence-electron chi connectivity index (χ1n) is 11.7. The zero-order valence-electron chi connectivity index (χ0n) is 20.3. The van der Waals surface area contributed by atoms with Gasteiger partial charge in [-0.3, -0.25) is 9.48 Å². The molecule has 0 spiro atoms. The van der Waals surface area contributed by atoms with Crippen molar-refractivity contribution >= 4 is 22.3 Å². The van der Waals surface area contributed by atoms with Crippen LogP contribution in [0.15, 0.2) is 24.3 Å². The van der Waals surface area contributed by atoms with Gasteiger partial charge in [-0.2, -0.15) is 5.10 Å². The lowest BCUT2D eigenvalue weighted by Crippen LogP contribution is -2.33. The number of aryl methyl sites for hydroxylation is 3. The molecule has 1 aliphatic carbocycles. The molecule has 0 saturated carbocycles. The van der Waals surface area contributed by atoms with Crippen molar-refractivity contribution in [1.82, 2.24) is 14.8 Å². The number of Topliss-reactive ketones (excluding diaryl/α,β-unsaturated/α-hetero) is 1. The number of benzene rings is 1. The molecule has 0 saturated heterocycles. The molecular weight excluding hydrogens is 432 g/mol. The van der Waals surface area contributed by atoms with Gasteiger partial charge in [0.15, 0.2) is 10.9 Å². The molecule has 0 bridgehead atoms. The Morgan fingerprint density at radius 3 is 2.76 bits per heavy atom. The summed E-state index contributed by atoms with van der Waals surface area (Å²) < 4.78 is 7.31. The summed E-state index contributed by atoms with van der Waals surface area (Å²) in [7, 11) is 1.68. The first kappa shape index (κ1) is 23.5. The molecule has 33 heavy (non-hydrogen) atoms. The van der Waals surface area contributed by atoms with Crippen molar-refractivity contribution in [1.29, 1.82) is 0 Å². The Kier molecular flexibility index (Phi) is 6.61. The van der Waals surface area contributed by atoms with Crippen LogP contribution in [0.3, 0.4) is 0 Å². The smallest absolute Gasteiger partial charge is 0.180 e. The Balaban J connectivity index is 1.57. The van der Waals surface area contributed by atoms with Crippen LogP contribution in [0.1, 0.15) is 67.8 Å². The lowest BCUT2D eigenvalue weighted by Gasteiger charge is -2.30. The number of hydrogen-bond acceptors (Lipinski definition) is 6. The van der Waals surface area contributed by atoms with Gasteiger partial charge in [-0.25, -0.2) is 4.98 Å². The van der Waals surface area contributed by atoms with Crippen LogP contribution in [0.2, 0.25) is 0 Å². The molecule has 0 fully saturated rings. The number of carbonyl (C=O) groups is 1. The van der Waals surface area contributed by atoms with Gasteiger partial charge in [0.05, 0.1) is 18.5 Å². The standard InChI is InChI=1S/C26H34N4O2S/c1-16(2)21-14-20(18-8-9-22(32-5)17(3)13-18)29-30(21)15-24(31)26(4)11-6-7-19-23(10-12-26)33-25(27)28-19/h8-9,13-14,16H,6-7,10-12,15H2,1-5H3,(H2,27,28). The lowest BCUT2D eigenvalue weighted by atomic mass is 9.75. The van der Waals surface area contributed by atoms with E-state index in [-0.39, 0.29) is 17.1 Å². The SMILES string of the molecule is COc1ccc(-c2cc(C(C)C)n(CC(=O)C3(C)CCCc4nc(N)sc4CC3)n2)cc1C. The predicted molar refractivity (Wildman–Crippen MR) is 134 cm³/mol. The van der Waals surface area contributed by atoms with E-state index < -0.39 is 0 Å². The summed E-state index contributed by atoms with van der Waals surface area (Å²) in [5.74, 6) is 1.39. The van der Waals surface area contributed by atoms with Gasteiger partial charge in [-0.1, -0.05) is 20.8 Å². The van der Waals surface area contributed by atoms with Crippen LogP contribution < -0.4 is 10.5 Å². The van der Waals surface area contributed by atoms with Crippen molar-refractivity contribution in [2.75, 3.05) is 12.8 Å². The van der Waals surface area contributed by atoms with Crippen molar-refractivity contribution in [2.45, 2.75) is 72.3 Å². The van der Waals surface area contributed by atoms with E-state index in [2.05, 4.69) is 37.9 Å². The normalized spacial score (nSPS) is 18.6. The molecule has 7 heteroatoms. The highest BCUT2D eigenvalue weighted by Gasteiger charge is 2.35. The fourth-order valence-corrected chi connectivity index (χ4v) is 5.64. The zero-order chi connectivity index (χ0) is 23.8. The van der Waals surface area contributed by atoms with Crippen molar-refractivity contribution < 1.29 is 9.53 Å². The Hall–Kier alpha value is -2.67. The molecule has 1 atom stereocenters. The second kappa shape index (κ2) is 9.29. The molecule has 1 aliphatic rings. The van der Waals surface area contributed by atoms with Gasteiger partial charge in [0, 0.05) is 21.5 Å². The van der Waals surface area contributed by atoms with E-state index >= 15 is 0 Å². The van der Waals surface area contributed by atoms with Gasteiger partial charge in [0.1, 0.15) is 12.3 Å². The minimum absolute atomic E-state index is 0.255. The number of ether oxygens (including phenoxy) is 1. The first-order valence-corrected chi connectivity index (χ1v) is 12.5. The highest BCUT2D eigenvalue weighted by molar-refractivity contribution is 7.15. The number of thiazole rings is 1. The maximum absolute atomic E-state index is 13.6. The molecule has 1 aromatic carbocycles. The largest absolute Gasteiger partial charge is 0.496 e. The lowest BCUT2D eigenvalue weighted by molar-refractivity contribution is -0.129. The number of ketones is 1. The molecule has 1 unspecified atom stereocenters. The number of anilines is 1. The summed E-state index contributed by atoms with van der Waals surface area (Å²) in [6.45, 7) is 8.75. The Morgan fingerprint density at radius 2 is 2.06 bits per heavy atom. The quantitative estimate of drug-likeness (QED) is 0.513. The molecule has 0 radical (unpaired) electrons. The monoisotopic (exact) mass is 466 g/mol. The maximum Gasteiger partial charge on any atom is 0.180 e. The van der Waals surface area contributed by atoms with Crippen LogP contribution >= 0.6 is 11.3 Å². The molecule has 2 N–H and O–H groups in total. The topological polar surface area (TPSA) is 83.0 Å². The van der Waals surface area contributed by atoms with E-state index in [0.717, 1.165) is 66.1 Å². The van der Waals surface area contributed by atoms with E-state index in [4.69, 9.17) is 15.6 Å². The average molecular weight is 467 g/mol. The molecule has 0 amide bonds. The van der Waals surface area contributed by atoms with E-state index in [9.17, 15) is 4.79 Å². The fourth-order valence-electron chi connectivity index (χ4n) is 4.76. The van der Waals surface area contributed by atoms with Crippen LogP contribution in [-0.4, -0.2) is 27.7 Å². The van der Waals surface area contributed by atoms with Gasteiger partial charge in [-0.05, 0) is 74.8 Å². The van der Waals surface area contributed by atoms with E-state index in [1.54, 1.807) is 18.4 Å². The number of fused-ring (bicyclic) bond motifs is 1. The number of carbonyl (C=O) groups excluding carboxylic acids is 1. The Labute approximate surface area is 200 Å². The number of nitrogens with two attached hydrogens (primary N) is 1. The summed E-state index contributed by atoms with van der Waals surface area (Å²) in [6.07, 6.45) is 4.39. The van der Waals surface area contributed by atoms with Crippen LogP contribution in [0.25, 0.3) is 11.3 Å². The van der Waals surface area contributed by atoms with Crippen LogP contribution in [-0.2, 0) is 24.2 Å². The molecule has 176 valence electrons. The van der Waals surface area contributed by atoms with E-state index in [1.807, 2.05) is 23.7 Å². The van der Waals surface area contributed by atoms with Crippen molar-refractivity contribution in [3.05, 3.63) is 46.1 Å². The second-order valence-electron chi connectivity index (χ2n) is 9.71. The average Bonchev–Trinajstić information content (AvgIpc) is 3.34. The predicted octanol–water partition coefficient (Wildman–Crippen LogP) is 5.57. The first-order chi connectivity index (χ1) is 15.7. The summed E-state index contributed by atoms with van der Waals surface area (Å²) in [4.78, 5) is 19.3. The minimum atomic E-state index is -0.368. The van der Waals surface area contributed by atoms with Gasteiger partial charge in [0.2, 0.25) is 0 Å². The molecule has 2 aromatic heterocycles. The molecule has 4 rings (SSSR count). The van der Waals surface area contributed by atoms with Crippen molar-refractivity contribution in [2.24, 2.45) is 5.41 Å². The van der Waals surface area contributed by atoms with Gasteiger partial charge < -0.3 is 10.5 Å². The fraction of sp³-hybridized carbons (Fsp3) is 0.500. The summed E-state index contributed by atoms with van der Waals surface area (Å²) in [6, 6.07) is 8.21. The van der Waals surface area contributed by atoms with Crippen LogP contribution in [0, 0.1) is 12.3 Å². The number of hydrogen-bond donors (Lipinski definition) is 1. The number of rotatable bonds is 6. The molecular formula is C26H34N4O2S. The minimum Gasteiger partial charge on any atom is -0.496 e. The van der Waals surface area contributed by atoms with E-state index in [1.165, 1.54) is 4.88 Å². The second-order valence-corrected chi connectivity index (χ2v) is 10.8. The number of nitrogens with zero attached hydrogens (tertiary/aromatic N) is 3. The van der Waals surface area contributed by atoms with Gasteiger partial charge in [0.25, 0.3) is 0 Å². The molecule has 3 aromatic rings. The Bertz CT molecular complexity index is 1160. The number of nitrogen functional groups attached to an aromatic ring is 1. The summed E-state index contributed by atoms with van der Waals surface area (Å²) in [5, 5.41) is 5.51. The Morgan fingerprint density at radius 1 is 1.27 bits per heavy atom. The summed E-state index contributed by atoms with van der Waals surface area (Å²) in [5.41, 5.74) is 10.8. The highest BCUT2D eigenvalue weighted by atomic mass is 32.1. The third kappa shape index (κ3) is 4.83. The number of methoxy groups -OCH3 is 1. The van der Waals surface area contributed by atoms with Crippen LogP contribution in [0.5, 0.6) is 5.75 Å². The number of aromatic nitrogens is 3. The summed E-state index contributed by atoms with van der Waals surface area (Å²) >= 11 is 1.57. The molecule has 0 aliphatic heterocycles. The van der Waals surface area contributed by atoms with E-state index in [0.29, 0.717) is 11.7 Å². The van der Waals surface area contributed by atoms with Gasteiger partial charge in [-0.15, -0.1) is 11.3 Å². The van der Waals surface area contributed by atoms with Crippen LogP contribution in [0.4, 0.5) is 5.13 Å². The van der Waals surface area contributed by atoms with Crippen molar-refractivity contribution in [3.8, 4) is 17.0 Å². The van der Waals surface area contributed by atoms with Gasteiger partial charge >= 0.3 is 0 Å².